The molecular weight excluding hydrogens is 272 g/mol. The Morgan fingerprint density at radius 1 is 1.40 bits per heavy atom. The second kappa shape index (κ2) is 5.47. The van der Waals surface area contributed by atoms with Crippen LogP contribution in [0.5, 0.6) is 0 Å². The number of hydrogen-bond donors (Lipinski definition) is 0. The van der Waals surface area contributed by atoms with E-state index in [1.54, 1.807) is 24.3 Å². The Morgan fingerprint density at radius 3 is 2.85 bits per heavy atom. The highest BCUT2D eigenvalue weighted by atomic mass is 32.2. The summed E-state index contributed by atoms with van der Waals surface area (Å²) >= 11 is 1.88. The molecular formula is C15H16N2O2S. The van der Waals surface area contributed by atoms with Gasteiger partial charge in [-0.2, -0.15) is 5.26 Å². The molecule has 20 heavy (non-hydrogen) atoms. The van der Waals surface area contributed by atoms with E-state index in [9.17, 15) is 4.79 Å². The minimum atomic E-state index is -0.0503. The number of amides is 1. The number of rotatable bonds is 1. The van der Waals surface area contributed by atoms with Gasteiger partial charge in [0.25, 0.3) is 5.91 Å². The third-order valence-corrected chi connectivity index (χ3v) is 5.29. The summed E-state index contributed by atoms with van der Waals surface area (Å²) in [5.74, 6) is 1.07. The minimum absolute atomic E-state index is 0.0138. The molecule has 0 N–H and O–H groups in total. The van der Waals surface area contributed by atoms with Gasteiger partial charge in [0.1, 0.15) is 4.93 Å². The molecule has 0 aliphatic carbocycles. The third-order valence-electron chi connectivity index (χ3n) is 3.86. The highest BCUT2D eigenvalue weighted by molar-refractivity contribution is 8.00. The summed E-state index contributed by atoms with van der Waals surface area (Å²) in [6.45, 7) is 2.27. The molecule has 0 aromatic heterocycles. The van der Waals surface area contributed by atoms with E-state index < -0.39 is 0 Å². The van der Waals surface area contributed by atoms with Gasteiger partial charge in [0.05, 0.1) is 18.2 Å². The molecule has 104 valence electrons. The van der Waals surface area contributed by atoms with E-state index in [4.69, 9.17) is 10.00 Å². The first-order valence-electron chi connectivity index (χ1n) is 6.80. The number of piperidine rings is 1. The van der Waals surface area contributed by atoms with Crippen LogP contribution < -0.4 is 0 Å². The van der Waals surface area contributed by atoms with Crippen molar-refractivity contribution in [2.45, 2.75) is 17.8 Å². The second-order valence-electron chi connectivity index (χ2n) is 5.09. The molecule has 1 aromatic carbocycles. The summed E-state index contributed by atoms with van der Waals surface area (Å²) in [7, 11) is 0. The molecule has 1 amide bonds. The number of nitriles is 1. The number of carbonyl (C=O) groups excluding carboxylic acids is 1. The maximum absolute atomic E-state index is 12.4. The smallest absolute Gasteiger partial charge is 0.253 e. The van der Waals surface area contributed by atoms with Gasteiger partial charge in [0.15, 0.2) is 0 Å². The van der Waals surface area contributed by atoms with E-state index in [0.29, 0.717) is 11.1 Å². The lowest BCUT2D eigenvalue weighted by Crippen LogP contribution is -2.45. The molecule has 1 spiro atoms. The van der Waals surface area contributed by atoms with Gasteiger partial charge in [-0.15, -0.1) is 11.8 Å². The molecule has 5 heteroatoms. The zero-order valence-electron chi connectivity index (χ0n) is 11.2. The van der Waals surface area contributed by atoms with E-state index in [1.165, 1.54) is 0 Å². The van der Waals surface area contributed by atoms with Crippen molar-refractivity contribution in [1.82, 2.24) is 4.90 Å². The van der Waals surface area contributed by atoms with Crippen LogP contribution in [0.4, 0.5) is 0 Å². The standard InChI is InChI=1S/C15H16N2O2S/c16-11-12-2-1-3-13(10-12)14(18)17-6-4-15(5-7-17)19-8-9-20-15/h1-3,10H,4-9H2. The van der Waals surface area contributed by atoms with Crippen molar-refractivity contribution in [3.63, 3.8) is 0 Å². The zero-order valence-corrected chi connectivity index (χ0v) is 12.0. The topological polar surface area (TPSA) is 53.3 Å². The van der Waals surface area contributed by atoms with Gasteiger partial charge in [-0.1, -0.05) is 6.07 Å². The Bertz CT molecular complexity index is 551. The fourth-order valence-corrected chi connectivity index (χ4v) is 3.92. The summed E-state index contributed by atoms with van der Waals surface area (Å²) in [4.78, 5) is 14.3. The molecule has 2 fully saturated rings. The van der Waals surface area contributed by atoms with E-state index >= 15 is 0 Å². The quantitative estimate of drug-likeness (QED) is 0.795. The van der Waals surface area contributed by atoms with Crippen LogP contribution in [0.1, 0.15) is 28.8 Å². The first-order valence-corrected chi connectivity index (χ1v) is 7.78. The molecule has 2 aliphatic heterocycles. The monoisotopic (exact) mass is 288 g/mol. The molecule has 2 aliphatic rings. The van der Waals surface area contributed by atoms with Crippen LogP contribution in [0.25, 0.3) is 0 Å². The second-order valence-corrected chi connectivity index (χ2v) is 6.53. The number of ether oxygens (including phenoxy) is 1. The molecule has 0 saturated carbocycles. The first-order chi connectivity index (χ1) is 9.72. The molecule has 0 atom stereocenters. The van der Waals surface area contributed by atoms with Crippen LogP contribution in [-0.4, -0.2) is 41.2 Å². The fraction of sp³-hybridized carbons (Fsp3) is 0.467. The van der Waals surface area contributed by atoms with Crippen molar-refractivity contribution in [1.29, 1.82) is 5.26 Å². The molecule has 0 radical (unpaired) electrons. The van der Waals surface area contributed by atoms with E-state index in [-0.39, 0.29) is 10.8 Å². The normalized spacial score (nSPS) is 20.9. The number of carbonyl (C=O) groups is 1. The number of thioether (sulfide) groups is 1. The number of nitrogens with zero attached hydrogens (tertiary/aromatic N) is 2. The van der Waals surface area contributed by atoms with Crippen molar-refractivity contribution in [2.75, 3.05) is 25.4 Å². The predicted molar refractivity (Wildman–Crippen MR) is 77.4 cm³/mol. The number of likely N-dealkylation sites (tertiary alicyclic amines) is 1. The lowest BCUT2D eigenvalue weighted by molar-refractivity contribution is 0.00352. The van der Waals surface area contributed by atoms with Gasteiger partial charge in [0.2, 0.25) is 0 Å². The van der Waals surface area contributed by atoms with Crippen molar-refractivity contribution < 1.29 is 9.53 Å². The van der Waals surface area contributed by atoms with Crippen LogP contribution in [0, 0.1) is 11.3 Å². The molecule has 1 aromatic rings. The van der Waals surface area contributed by atoms with Crippen LogP contribution >= 0.6 is 11.8 Å². The predicted octanol–water partition coefficient (Wildman–Crippen LogP) is 2.25. The number of benzene rings is 1. The van der Waals surface area contributed by atoms with Crippen LogP contribution in [-0.2, 0) is 4.74 Å². The minimum Gasteiger partial charge on any atom is -0.363 e. The third kappa shape index (κ3) is 2.54. The summed E-state index contributed by atoms with van der Waals surface area (Å²) < 4.78 is 5.83. The van der Waals surface area contributed by atoms with Crippen LogP contribution in [0.3, 0.4) is 0 Å². The highest BCUT2D eigenvalue weighted by Crippen LogP contribution is 2.41. The number of hydrogen-bond acceptors (Lipinski definition) is 4. The lowest BCUT2D eigenvalue weighted by atomic mass is 10.0. The molecule has 4 nitrogen and oxygen atoms in total. The van der Waals surface area contributed by atoms with Gasteiger partial charge in [-0.05, 0) is 18.2 Å². The molecule has 0 bridgehead atoms. The Hall–Kier alpha value is -1.51. The largest absolute Gasteiger partial charge is 0.363 e. The van der Waals surface area contributed by atoms with E-state index in [0.717, 1.165) is 38.3 Å². The maximum atomic E-state index is 12.4. The van der Waals surface area contributed by atoms with Gasteiger partial charge in [0, 0.05) is 37.2 Å². The van der Waals surface area contributed by atoms with Gasteiger partial charge < -0.3 is 9.64 Å². The van der Waals surface area contributed by atoms with Crippen molar-refractivity contribution in [2.24, 2.45) is 0 Å². The van der Waals surface area contributed by atoms with Gasteiger partial charge >= 0.3 is 0 Å². The fourth-order valence-electron chi connectivity index (χ4n) is 2.74. The van der Waals surface area contributed by atoms with E-state index in [2.05, 4.69) is 6.07 Å². The molecule has 2 saturated heterocycles. The average molecular weight is 288 g/mol. The summed E-state index contributed by atoms with van der Waals surface area (Å²) in [6, 6.07) is 8.97. The SMILES string of the molecule is N#Cc1cccc(C(=O)N2CCC3(CC2)OCCS3)c1. The molecule has 2 heterocycles. The molecule has 3 rings (SSSR count). The summed E-state index contributed by atoms with van der Waals surface area (Å²) in [6.07, 6.45) is 1.78. The maximum Gasteiger partial charge on any atom is 0.253 e. The van der Waals surface area contributed by atoms with Crippen LogP contribution in [0.15, 0.2) is 24.3 Å². The molecule has 0 unspecified atom stereocenters. The lowest BCUT2D eigenvalue weighted by Gasteiger charge is -2.37. The highest BCUT2D eigenvalue weighted by Gasteiger charge is 2.40. The zero-order chi connectivity index (χ0) is 14.0. The Morgan fingerprint density at radius 2 is 2.20 bits per heavy atom. The van der Waals surface area contributed by atoms with Crippen molar-refractivity contribution in [3.8, 4) is 6.07 Å². The first kappa shape index (κ1) is 13.5. The Kier molecular flexibility index (Phi) is 3.68. The average Bonchev–Trinajstić information content (AvgIpc) is 2.96. The summed E-state index contributed by atoms with van der Waals surface area (Å²) in [5.41, 5.74) is 1.12. The van der Waals surface area contributed by atoms with Crippen molar-refractivity contribution >= 4 is 17.7 Å². The van der Waals surface area contributed by atoms with Crippen molar-refractivity contribution in [3.05, 3.63) is 35.4 Å². The van der Waals surface area contributed by atoms with E-state index in [1.807, 2.05) is 16.7 Å². The Labute approximate surface area is 122 Å². The van der Waals surface area contributed by atoms with Crippen LogP contribution in [0.2, 0.25) is 0 Å². The Balaban J connectivity index is 1.68. The van der Waals surface area contributed by atoms with Gasteiger partial charge in [-0.3, -0.25) is 4.79 Å². The van der Waals surface area contributed by atoms with Gasteiger partial charge in [-0.25, -0.2) is 0 Å². The summed E-state index contributed by atoms with van der Waals surface area (Å²) in [5, 5.41) is 8.90.